The van der Waals surface area contributed by atoms with Crippen LogP contribution in [0.1, 0.15) is 11.8 Å². The van der Waals surface area contributed by atoms with E-state index >= 15 is 0 Å². The van der Waals surface area contributed by atoms with E-state index in [1.807, 2.05) is 30.3 Å². The van der Waals surface area contributed by atoms with Crippen molar-refractivity contribution < 1.29 is 9.53 Å². The highest BCUT2D eigenvalue weighted by Gasteiger charge is 2.28. The lowest BCUT2D eigenvalue weighted by Crippen LogP contribution is -2.33. The largest absolute Gasteiger partial charge is 0.357 e. The molecule has 80 valence electrons. The van der Waals surface area contributed by atoms with Gasteiger partial charge in [0.05, 0.1) is 0 Å². The summed E-state index contributed by atoms with van der Waals surface area (Å²) in [5, 5.41) is 2.76. The summed E-state index contributed by atoms with van der Waals surface area (Å²) in [5.41, 5.74) is 0.997. The number of benzene rings is 1. The summed E-state index contributed by atoms with van der Waals surface area (Å²) >= 11 is 0. The number of hydrogen-bond donors (Lipinski definition) is 1. The molecule has 1 saturated heterocycles. The van der Waals surface area contributed by atoms with Crippen LogP contribution in [-0.2, 0) is 4.74 Å². The van der Waals surface area contributed by atoms with Gasteiger partial charge < -0.3 is 10.1 Å². The van der Waals surface area contributed by atoms with Crippen molar-refractivity contribution in [2.75, 3.05) is 20.2 Å². The van der Waals surface area contributed by atoms with E-state index in [9.17, 15) is 4.79 Å². The number of carbonyl (C=O) groups excluding carboxylic acids is 1. The SMILES string of the molecule is COC(c1ccccc1)N1CCNC1=O. The number of amides is 2. The quantitative estimate of drug-likeness (QED) is 0.811. The number of ether oxygens (including phenoxy) is 1. The van der Waals surface area contributed by atoms with Crippen LogP contribution in [0, 0.1) is 0 Å². The van der Waals surface area contributed by atoms with Gasteiger partial charge in [-0.25, -0.2) is 4.79 Å². The second-order valence-corrected chi connectivity index (χ2v) is 3.42. The molecule has 0 aromatic heterocycles. The lowest BCUT2D eigenvalue weighted by molar-refractivity contribution is 0.000327. The maximum absolute atomic E-state index is 11.5. The van der Waals surface area contributed by atoms with Gasteiger partial charge >= 0.3 is 6.03 Å². The fraction of sp³-hybridized carbons (Fsp3) is 0.364. The standard InChI is InChI=1S/C11H14N2O2/c1-15-10(9-5-3-2-4-6-9)13-8-7-12-11(13)14/h2-6,10H,7-8H2,1H3,(H,12,14). The third kappa shape index (κ3) is 1.94. The predicted octanol–water partition coefficient (Wildman–Crippen LogP) is 1.36. The third-order valence-corrected chi connectivity index (χ3v) is 2.48. The molecule has 1 aromatic rings. The van der Waals surface area contributed by atoms with Gasteiger partial charge in [-0.1, -0.05) is 30.3 Å². The van der Waals surface area contributed by atoms with Crippen molar-refractivity contribution in [2.24, 2.45) is 0 Å². The third-order valence-electron chi connectivity index (χ3n) is 2.48. The van der Waals surface area contributed by atoms with Crippen molar-refractivity contribution in [1.82, 2.24) is 10.2 Å². The van der Waals surface area contributed by atoms with Crippen molar-refractivity contribution in [1.29, 1.82) is 0 Å². The summed E-state index contributed by atoms with van der Waals surface area (Å²) in [6.45, 7) is 1.37. The summed E-state index contributed by atoms with van der Waals surface area (Å²) in [6.07, 6.45) is -0.284. The van der Waals surface area contributed by atoms with Crippen molar-refractivity contribution in [3.05, 3.63) is 35.9 Å². The Labute approximate surface area is 88.8 Å². The second-order valence-electron chi connectivity index (χ2n) is 3.42. The van der Waals surface area contributed by atoms with Gasteiger partial charge in [-0.3, -0.25) is 4.90 Å². The Kier molecular flexibility index (Phi) is 2.87. The summed E-state index contributed by atoms with van der Waals surface area (Å²) in [5.74, 6) is 0. The highest BCUT2D eigenvalue weighted by molar-refractivity contribution is 5.76. The molecule has 0 saturated carbocycles. The molecule has 1 heterocycles. The highest BCUT2D eigenvalue weighted by atomic mass is 16.5. The highest BCUT2D eigenvalue weighted by Crippen LogP contribution is 2.22. The minimum Gasteiger partial charge on any atom is -0.357 e. The first-order valence-corrected chi connectivity index (χ1v) is 4.95. The fourth-order valence-electron chi connectivity index (χ4n) is 1.77. The summed E-state index contributed by atoms with van der Waals surface area (Å²) in [6, 6.07) is 9.68. The number of urea groups is 1. The van der Waals surface area contributed by atoms with E-state index in [1.165, 1.54) is 0 Å². The van der Waals surface area contributed by atoms with E-state index in [0.29, 0.717) is 13.1 Å². The molecule has 15 heavy (non-hydrogen) atoms. The molecule has 1 unspecified atom stereocenters. The molecule has 0 spiro atoms. The molecule has 0 radical (unpaired) electrons. The first-order valence-electron chi connectivity index (χ1n) is 4.95. The van der Waals surface area contributed by atoms with E-state index in [1.54, 1.807) is 12.0 Å². The van der Waals surface area contributed by atoms with E-state index in [2.05, 4.69) is 5.32 Å². The number of nitrogens with zero attached hydrogens (tertiary/aromatic N) is 1. The molecule has 4 heteroatoms. The normalized spacial score (nSPS) is 17.7. The van der Waals surface area contributed by atoms with Gasteiger partial charge in [0.2, 0.25) is 0 Å². The predicted molar refractivity (Wildman–Crippen MR) is 56.3 cm³/mol. The smallest absolute Gasteiger partial charge is 0.319 e. The molecule has 1 fully saturated rings. The van der Waals surface area contributed by atoms with E-state index < -0.39 is 0 Å². The Hall–Kier alpha value is -1.55. The zero-order valence-corrected chi connectivity index (χ0v) is 8.64. The van der Waals surface area contributed by atoms with Crippen molar-refractivity contribution in [3.8, 4) is 0 Å². The van der Waals surface area contributed by atoms with E-state index in [0.717, 1.165) is 5.56 Å². The zero-order valence-electron chi connectivity index (χ0n) is 8.64. The molecule has 1 aliphatic heterocycles. The molecule has 0 bridgehead atoms. The number of nitrogens with one attached hydrogen (secondary N) is 1. The molecule has 4 nitrogen and oxygen atoms in total. The lowest BCUT2D eigenvalue weighted by Gasteiger charge is -2.25. The average molecular weight is 206 g/mol. The van der Waals surface area contributed by atoms with Gasteiger partial charge in [-0.05, 0) is 0 Å². The van der Waals surface area contributed by atoms with Crippen molar-refractivity contribution in [3.63, 3.8) is 0 Å². The summed E-state index contributed by atoms with van der Waals surface area (Å²) in [7, 11) is 1.61. The number of methoxy groups -OCH3 is 1. The van der Waals surface area contributed by atoms with Crippen LogP contribution in [0.2, 0.25) is 0 Å². The minimum atomic E-state index is -0.284. The van der Waals surface area contributed by atoms with Gasteiger partial charge in [-0.2, -0.15) is 0 Å². The van der Waals surface area contributed by atoms with Crippen LogP contribution in [0.5, 0.6) is 0 Å². The Balaban J connectivity index is 2.20. The Morgan fingerprint density at radius 3 is 2.67 bits per heavy atom. The van der Waals surface area contributed by atoms with Gasteiger partial charge in [0.1, 0.15) is 0 Å². The molecule has 1 N–H and O–H groups in total. The first-order chi connectivity index (χ1) is 7.33. The topological polar surface area (TPSA) is 41.6 Å². The molecule has 2 rings (SSSR count). The zero-order chi connectivity index (χ0) is 10.7. The van der Waals surface area contributed by atoms with Crippen LogP contribution in [0.25, 0.3) is 0 Å². The van der Waals surface area contributed by atoms with Gasteiger partial charge in [0.15, 0.2) is 6.23 Å². The van der Waals surface area contributed by atoms with E-state index in [4.69, 9.17) is 4.74 Å². The second kappa shape index (κ2) is 4.31. The Morgan fingerprint density at radius 1 is 1.40 bits per heavy atom. The van der Waals surface area contributed by atoms with E-state index in [-0.39, 0.29) is 12.3 Å². The molecule has 1 aromatic carbocycles. The van der Waals surface area contributed by atoms with Crippen molar-refractivity contribution >= 4 is 6.03 Å². The maximum atomic E-state index is 11.5. The molecule has 2 amide bonds. The van der Waals surface area contributed by atoms with Gasteiger partial charge in [-0.15, -0.1) is 0 Å². The van der Waals surface area contributed by atoms with Crippen LogP contribution in [0.15, 0.2) is 30.3 Å². The number of hydrogen-bond acceptors (Lipinski definition) is 2. The van der Waals surface area contributed by atoms with Gasteiger partial charge in [0.25, 0.3) is 0 Å². The molecular weight excluding hydrogens is 192 g/mol. The van der Waals surface area contributed by atoms with Crippen LogP contribution < -0.4 is 5.32 Å². The maximum Gasteiger partial charge on any atom is 0.319 e. The van der Waals surface area contributed by atoms with Crippen LogP contribution in [-0.4, -0.2) is 31.1 Å². The molecular formula is C11H14N2O2. The van der Waals surface area contributed by atoms with Crippen molar-refractivity contribution in [2.45, 2.75) is 6.23 Å². The fourth-order valence-corrected chi connectivity index (χ4v) is 1.77. The molecule has 1 aliphatic rings. The summed E-state index contributed by atoms with van der Waals surface area (Å²) in [4.78, 5) is 13.2. The van der Waals surface area contributed by atoms with Crippen LogP contribution in [0.4, 0.5) is 4.79 Å². The number of rotatable bonds is 3. The summed E-state index contributed by atoms with van der Waals surface area (Å²) < 4.78 is 5.36. The van der Waals surface area contributed by atoms with Crippen LogP contribution >= 0.6 is 0 Å². The average Bonchev–Trinajstić information content (AvgIpc) is 2.68. The van der Waals surface area contributed by atoms with Gasteiger partial charge in [0, 0.05) is 25.8 Å². The van der Waals surface area contributed by atoms with Crippen LogP contribution in [0.3, 0.4) is 0 Å². The Bertz CT molecular complexity index is 340. The monoisotopic (exact) mass is 206 g/mol. The minimum absolute atomic E-state index is 0.0642. The molecule has 0 aliphatic carbocycles. The number of carbonyl (C=O) groups is 1. The lowest BCUT2D eigenvalue weighted by atomic mass is 10.2. The first kappa shape index (κ1) is 9.98. The Morgan fingerprint density at radius 2 is 2.13 bits per heavy atom. The molecule has 1 atom stereocenters.